The Kier molecular flexibility index (Phi) is 5.92. The number of fused-ring (bicyclic) bond motifs is 11. The Hall–Kier alpha value is -6.19. The summed E-state index contributed by atoms with van der Waals surface area (Å²) in [5.74, 6) is 2.02. The zero-order valence-corrected chi connectivity index (χ0v) is 27.3. The largest absolute Gasteiger partial charge is 0.208 e. The highest BCUT2D eigenvalue weighted by atomic mass is 15.0. The summed E-state index contributed by atoms with van der Waals surface area (Å²) < 4.78 is 0. The Balaban J connectivity index is 1.20. The number of aromatic nitrogens is 3. The zero-order valence-electron chi connectivity index (χ0n) is 27.3. The monoisotopic (exact) mass is 625 g/mol. The van der Waals surface area contributed by atoms with Crippen molar-refractivity contribution in [3.8, 4) is 45.3 Å². The van der Waals surface area contributed by atoms with Crippen LogP contribution in [0, 0.1) is 0 Å². The topological polar surface area (TPSA) is 38.7 Å². The van der Waals surface area contributed by atoms with Crippen molar-refractivity contribution in [1.29, 1.82) is 0 Å². The molecule has 0 N–H and O–H groups in total. The van der Waals surface area contributed by atoms with E-state index in [0.29, 0.717) is 17.5 Å². The first-order valence-electron chi connectivity index (χ1n) is 16.9. The maximum atomic E-state index is 5.04. The van der Waals surface area contributed by atoms with Gasteiger partial charge in [-0.25, -0.2) is 15.0 Å². The number of hydrogen-bond acceptors (Lipinski definition) is 3. The average Bonchev–Trinajstić information content (AvgIpc) is 3.39. The molecule has 3 heteroatoms. The minimum Gasteiger partial charge on any atom is -0.208 e. The van der Waals surface area contributed by atoms with E-state index in [1.165, 1.54) is 65.3 Å². The van der Waals surface area contributed by atoms with E-state index in [9.17, 15) is 0 Å². The summed E-state index contributed by atoms with van der Waals surface area (Å²) in [5, 5.41) is 10.4. The molecule has 9 aromatic rings. The molecule has 0 atom stereocenters. The van der Waals surface area contributed by atoms with Crippen molar-refractivity contribution >= 4 is 43.1 Å². The van der Waals surface area contributed by atoms with Crippen LogP contribution >= 0.6 is 0 Å². The quantitative estimate of drug-likeness (QED) is 0.183. The van der Waals surface area contributed by atoms with E-state index in [-0.39, 0.29) is 5.41 Å². The fraction of sp³-hybridized carbons (Fsp3) is 0.0652. The van der Waals surface area contributed by atoms with E-state index in [1.54, 1.807) is 0 Å². The Morgan fingerprint density at radius 3 is 1.59 bits per heavy atom. The SMILES string of the molecule is CC1(C)c2cc(-c3nc(-c4ccccc4)nc(-c4ccccc4)n3)ccc2-c2cc3c4ccccc4c4ccc5ccccc5c4c3cc21. The first-order valence-corrected chi connectivity index (χ1v) is 16.9. The molecule has 0 bridgehead atoms. The Morgan fingerprint density at radius 2 is 0.918 bits per heavy atom. The van der Waals surface area contributed by atoms with Gasteiger partial charge in [-0.1, -0.05) is 147 Å². The van der Waals surface area contributed by atoms with Gasteiger partial charge in [0, 0.05) is 22.1 Å². The zero-order chi connectivity index (χ0) is 32.7. The van der Waals surface area contributed by atoms with Gasteiger partial charge < -0.3 is 0 Å². The van der Waals surface area contributed by atoms with Gasteiger partial charge in [0.25, 0.3) is 0 Å². The molecular formula is C46H31N3. The molecule has 1 aliphatic carbocycles. The van der Waals surface area contributed by atoms with Gasteiger partial charge in [-0.15, -0.1) is 0 Å². The normalized spacial score (nSPS) is 13.3. The third-order valence-corrected chi connectivity index (χ3v) is 10.5. The molecule has 0 radical (unpaired) electrons. The fourth-order valence-electron chi connectivity index (χ4n) is 8.03. The average molecular weight is 626 g/mol. The van der Waals surface area contributed by atoms with Gasteiger partial charge >= 0.3 is 0 Å². The highest BCUT2D eigenvalue weighted by molar-refractivity contribution is 6.32. The highest BCUT2D eigenvalue weighted by Gasteiger charge is 2.36. The molecule has 230 valence electrons. The summed E-state index contributed by atoms with van der Waals surface area (Å²) in [6.45, 7) is 4.71. The molecule has 10 rings (SSSR count). The van der Waals surface area contributed by atoms with E-state index in [1.807, 2.05) is 36.4 Å². The maximum absolute atomic E-state index is 5.04. The third kappa shape index (κ3) is 4.19. The summed E-state index contributed by atoms with van der Waals surface area (Å²) in [6, 6.07) is 54.2. The Labute approximate surface area is 284 Å². The second-order valence-corrected chi connectivity index (χ2v) is 13.6. The molecular weight excluding hydrogens is 595 g/mol. The van der Waals surface area contributed by atoms with Crippen LogP contribution in [0.15, 0.2) is 152 Å². The lowest BCUT2D eigenvalue weighted by molar-refractivity contribution is 0.661. The van der Waals surface area contributed by atoms with Crippen LogP contribution in [0.25, 0.3) is 88.4 Å². The lowest BCUT2D eigenvalue weighted by Crippen LogP contribution is -2.15. The predicted octanol–water partition coefficient (Wildman–Crippen LogP) is 11.8. The van der Waals surface area contributed by atoms with E-state index >= 15 is 0 Å². The van der Waals surface area contributed by atoms with Crippen LogP contribution < -0.4 is 0 Å². The summed E-state index contributed by atoms with van der Waals surface area (Å²) >= 11 is 0. The van der Waals surface area contributed by atoms with Crippen molar-refractivity contribution in [2.24, 2.45) is 0 Å². The molecule has 0 amide bonds. The number of hydrogen-bond donors (Lipinski definition) is 0. The van der Waals surface area contributed by atoms with Gasteiger partial charge in [-0.2, -0.15) is 0 Å². The summed E-state index contributed by atoms with van der Waals surface area (Å²) in [7, 11) is 0. The molecule has 0 unspecified atom stereocenters. The van der Waals surface area contributed by atoms with Gasteiger partial charge in [0.1, 0.15) is 0 Å². The molecule has 0 aliphatic heterocycles. The van der Waals surface area contributed by atoms with Crippen molar-refractivity contribution < 1.29 is 0 Å². The Morgan fingerprint density at radius 1 is 0.367 bits per heavy atom. The van der Waals surface area contributed by atoms with Crippen molar-refractivity contribution in [3.63, 3.8) is 0 Å². The van der Waals surface area contributed by atoms with Crippen LogP contribution in [0.3, 0.4) is 0 Å². The van der Waals surface area contributed by atoms with E-state index in [4.69, 9.17) is 15.0 Å². The number of nitrogens with zero attached hydrogens (tertiary/aromatic N) is 3. The number of rotatable bonds is 3. The molecule has 1 aliphatic rings. The first kappa shape index (κ1) is 27.9. The molecule has 8 aromatic carbocycles. The summed E-state index contributed by atoms with van der Waals surface area (Å²) in [5.41, 5.74) is 7.91. The lowest BCUT2D eigenvalue weighted by atomic mass is 9.80. The standard InChI is InChI=1S/C46H31N3/c1-46(2)40-25-31(45-48-43(29-14-5-3-6-15-29)47-44(49-45)30-16-7-4-8-17-30)22-23-35(40)38-26-37-34-20-12-11-19-33(34)36-24-21-28-13-9-10-18-32(28)42(36)39(37)27-41(38)46/h3-27H,1-2H3. The predicted molar refractivity (Wildman–Crippen MR) is 204 cm³/mol. The van der Waals surface area contributed by atoms with Crippen molar-refractivity contribution in [2.45, 2.75) is 19.3 Å². The van der Waals surface area contributed by atoms with Gasteiger partial charge in [0.05, 0.1) is 0 Å². The van der Waals surface area contributed by atoms with Crippen LogP contribution in [0.1, 0.15) is 25.0 Å². The smallest absolute Gasteiger partial charge is 0.164 e. The van der Waals surface area contributed by atoms with Gasteiger partial charge in [0.15, 0.2) is 17.5 Å². The third-order valence-electron chi connectivity index (χ3n) is 10.5. The summed E-state index contributed by atoms with van der Waals surface area (Å²) in [6.07, 6.45) is 0. The van der Waals surface area contributed by atoms with Gasteiger partial charge in [-0.05, 0) is 83.5 Å². The van der Waals surface area contributed by atoms with Crippen LogP contribution in [0.5, 0.6) is 0 Å². The highest BCUT2D eigenvalue weighted by Crippen LogP contribution is 2.52. The van der Waals surface area contributed by atoms with Crippen LogP contribution in [-0.4, -0.2) is 15.0 Å². The molecule has 0 saturated heterocycles. The minimum absolute atomic E-state index is 0.227. The van der Waals surface area contributed by atoms with Crippen molar-refractivity contribution in [3.05, 3.63) is 163 Å². The molecule has 0 spiro atoms. The van der Waals surface area contributed by atoms with Crippen LogP contribution in [-0.2, 0) is 5.41 Å². The molecule has 1 heterocycles. The van der Waals surface area contributed by atoms with E-state index in [2.05, 4.69) is 129 Å². The molecule has 3 nitrogen and oxygen atoms in total. The van der Waals surface area contributed by atoms with Crippen molar-refractivity contribution in [1.82, 2.24) is 15.0 Å². The van der Waals surface area contributed by atoms with E-state index < -0.39 is 0 Å². The van der Waals surface area contributed by atoms with Crippen LogP contribution in [0.4, 0.5) is 0 Å². The molecule has 0 saturated carbocycles. The molecule has 1 aromatic heterocycles. The summed E-state index contributed by atoms with van der Waals surface area (Å²) in [4.78, 5) is 15.0. The van der Waals surface area contributed by atoms with E-state index in [0.717, 1.165) is 16.7 Å². The number of benzene rings is 8. The maximum Gasteiger partial charge on any atom is 0.164 e. The second-order valence-electron chi connectivity index (χ2n) is 13.6. The van der Waals surface area contributed by atoms with Gasteiger partial charge in [-0.3, -0.25) is 0 Å². The molecule has 49 heavy (non-hydrogen) atoms. The van der Waals surface area contributed by atoms with Gasteiger partial charge in [0.2, 0.25) is 0 Å². The second kappa shape index (κ2) is 10.4. The lowest BCUT2D eigenvalue weighted by Gasteiger charge is -2.23. The fourth-order valence-corrected chi connectivity index (χ4v) is 8.03. The Bertz CT molecular complexity index is 2730. The molecule has 0 fully saturated rings. The van der Waals surface area contributed by atoms with Crippen molar-refractivity contribution in [2.75, 3.05) is 0 Å². The first-order chi connectivity index (χ1) is 24.0. The minimum atomic E-state index is -0.227. The van der Waals surface area contributed by atoms with Crippen LogP contribution in [0.2, 0.25) is 0 Å².